The minimum absolute atomic E-state index is 0.0822. The summed E-state index contributed by atoms with van der Waals surface area (Å²) in [4.78, 5) is 35.6. The second-order valence-electron chi connectivity index (χ2n) is 5.54. The Bertz CT molecular complexity index is 362. The third-order valence-corrected chi connectivity index (χ3v) is 3.99. The van der Waals surface area contributed by atoms with E-state index < -0.39 is 0 Å². The van der Waals surface area contributed by atoms with Gasteiger partial charge in [-0.3, -0.25) is 19.3 Å². The zero-order chi connectivity index (χ0) is 14.4. The molecule has 0 radical (unpaired) electrons. The van der Waals surface area contributed by atoms with Crippen molar-refractivity contribution in [3.63, 3.8) is 0 Å². The van der Waals surface area contributed by atoms with E-state index in [1.165, 1.54) is 17.7 Å². The van der Waals surface area contributed by atoms with E-state index in [0.29, 0.717) is 12.5 Å². The molecule has 0 aromatic carbocycles. The maximum atomic E-state index is 11.7. The standard InChI is InChI=1S/C14H23N3O3/c18-12(6-9-17-13(19)3-4-14(17)20)16-8-5-11-2-1-7-15-10-11/h11,15H,1-10H2,(H,16,18). The fraction of sp³-hybridized carbons (Fsp3) is 0.786. The molecule has 3 amide bonds. The van der Waals surface area contributed by atoms with Crippen LogP contribution in [0.1, 0.15) is 38.5 Å². The van der Waals surface area contributed by atoms with E-state index in [9.17, 15) is 14.4 Å². The number of likely N-dealkylation sites (tertiary alicyclic amines) is 1. The molecule has 1 atom stereocenters. The van der Waals surface area contributed by atoms with Crippen molar-refractivity contribution < 1.29 is 14.4 Å². The van der Waals surface area contributed by atoms with Crippen molar-refractivity contribution in [2.75, 3.05) is 26.2 Å². The van der Waals surface area contributed by atoms with Crippen molar-refractivity contribution in [2.45, 2.75) is 38.5 Å². The maximum absolute atomic E-state index is 11.7. The molecule has 2 heterocycles. The Morgan fingerprint density at radius 3 is 2.70 bits per heavy atom. The summed E-state index contributed by atoms with van der Waals surface area (Å²) in [7, 11) is 0. The monoisotopic (exact) mass is 281 g/mol. The molecule has 2 saturated heterocycles. The van der Waals surface area contributed by atoms with Crippen LogP contribution in [0.15, 0.2) is 0 Å². The highest BCUT2D eigenvalue weighted by Gasteiger charge is 2.28. The fourth-order valence-corrected chi connectivity index (χ4v) is 2.76. The van der Waals surface area contributed by atoms with Gasteiger partial charge in [-0.2, -0.15) is 0 Å². The molecule has 0 saturated carbocycles. The lowest BCUT2D eigenvalue weighted by molar-refractivity contribution is -0.138. The average Bonchev–Trinajstić information content (AvgIpc) is 2.77. The van der Waals surface area contributed by atoms with E-state index in [1.807, 2.05) is 0 Å². The van der Waals surface area contributed by atoms with Crippen LogP contribution < -0.4 is 10.6 Å². The molecule has 6 nitrogen and oxygen atoms in total. The smallest absolute Gasteiger partial charge is 0.229 e. The van der Waals surface area contributed by atoms with Crippen LogP contribution in [-0.2, 0) is 14.4 Å². The van der Waals surface area contributed by atoms with Crippen LogP contribution in [-0.4, -0.2) is 48.8 Å². The molecule has 0 aliphatic carbocycles. The lowest BCUT2D eigenvalue weighted by atomic mass is 9.96. The Morgan fingerprint density at radius 1 is 1.30 bits per heavy atom. The molecule has 0 bridgehead atoms. The van der Waals surface area contributed by atoms with Gasteiger partial charge in [0.2, 0.25) is 17.7 Å². The lowest BCUT2D eigenvalue weighted by Gasteiger charge is -2.22. The number of amides is 3. The number of hydrogen-bond donors (Lipinski definition) is 2. The van der Waals surface area contributed by atoms with Crippen LogP contribution in [0.4, 0.5) is 0 Å². The molecule has 0 spiro atoms. The summed E-state index contributed by atoms with van der Waals surface area (Å²) in [5, 5.41) is 6.22. The summed E-state index contributed by atoms with van der Waals surface area (Å²) < 4.78 is 0. The summed E-state index contributed by atoms with van der Waals surface area (Å²) in [5.74, 6) is 0.249. The van der Waals surface area contributed by atoms with Crippen molar-refractivity contribution in [1.82, 2.24) is 15.5 Å². The van der Waals surface area contributed by atoms with Gasteiger partial charge in [-0.05, 0) is 38.3 Å². The Labute approximate surface area is 119 Å². The first-order valence-electron chi connectivity index (χ1n) is 7.47. The van der Waals surface area contributed by atoms with Crippen molar-refractivity contribution >= 4 is 17.7 Å². The molecule has 2 aliphatic heterocycles. The second-order valence-corrected chi connectivity index (χ2v) is 5.54. The van der Waals surface area contributed by atoms with Crippen molar-refractivity contribution in [3.05, 3.63) is 0 Å². The fourth-order valence-electron chi connectivity index (χ4n) is 2.76. The van der Waals surface area contributed by atoms with E-state index in [1.54, 1.807) is 0 Å². The number of carbonyl (C=O) groups is 3. The number of rotatable bonds is 6. The van der Waals surface area contributed by atoms with Gasteiger partial charge in [-0.25, -0.2) is 0 Å². The Kier molecular flexibility index (Phi) is 5.52. The average molecular weight is 281 g/mol. The Hall–Kier alpha value is -1.43. The van der Waals surface area contributed by atoms with Crippen LogP contribution >= 0.6 is 0 Å². The quantitative estimate of drug-likeness (QED) is 0.673. The SMILES string of the molecule is O=C(CCN1C(=O)CCC1=O)NCCC1CCCNC1. The van der Waals surface area contributed by atoms with Crippen LogP contribution in [0.3, 0.4) is 0 Å². The number of carbonyl (C=O) groups excluding carboxylic acids is 3. The zero-order valence-corrected chi connectivity index (χ0v) is 11.8. The number of imide groups is 1. The van der Waals surface area contributed by atoms with Gasteiger partial charge >= 0.3 is 0 Å². The second kappa shape index (κ2) is 7.38. The maximum Gasteiger partial charge on any atom is 0.229 e. The third-order valence-electron chi connectivity index (χ3n) is 3.99. The normalized spacial score (nSPS) is 23.2. The molecule has 2 rings (SSSR count). The van der Waals surface area contributed by atoms with Crippen molar-refractivity contribution in [3.8, 4) is 0 Å². The molecule has 112 valence electrons. The first kappa shape index (κ1) is 15.0. The summed E-state index contributed by atoms with van der Waals surface area (Å²) in [5.41, 5.74) is 0. The first-order valence-corrected chi connectivity index (χ1v) is 7.47. The molecule has 2 fully saturated rings. The highest BCUT2D eigenvalue weighted by atomic mass is 16.2. The van der Waals surface area contributed by atoms with Crippen molar-refractivity contribution in [2.24, 2.45) is 5.92 Å². The van der Waals surface area contributed by atoms with Gasteiger partial charge in [0.15, 0.2) is 0 Å². The van der Waals surface area contributed by atoms with Crippen molar-refractivity contribution in [1.29, 1.82) is 0 Å². The summed E-state index contributed by atoms with van der Waals surface area (Å²) in [6.07, 6.45) is 4.20. The molecule has 0 aromatic heterocycles. The van der Waals surface area contributed by atoms with E-state index in [2.05, 4.69) is 10.6 Å². The Balaban J connectivity index is 1.58. The van der Waals surface area contributed by atoms with Gasteiger partial charge in [0, 0.05) is 32.4 Å². The predicted octanol–water partition coefficient (Wildman–Crippen LogP) is 0.0314. The zero-order valence-electron chi connectivity index (χ0n) is 11.8. The van der Waals surface area contributed by atoms with Crippen LogP contribution in [0.5, 0.6) is 0 Å². The number of nitrogens with one attached hydrogen (secondary N) is 2. The first-order chi connectivity index (χ1) is 9.66. The lowest BCUT2D eigenvalue weighted by Crippen LogP contribution is -2.36. The molecule has 20 heavy (non-hydrogen) atoms. The molecule has 2 N–H and O–H groups in total. The van der Waals surface area contributed by atoms with Gasteiger partial charge in [-0.1, -0.05) is 0 Å². The van der Waals surface area contributed by atoms with Gasteiger partial charge in [0.25, 0.3) is 0 Å². The van der Waals surface area contributed by atoms with E-state index in [4.69, 9.17) is 0 Å². The third kappa shape index (κ3) is 4.30. The van der Waals surface area contributed by atoms with Gasteiger partial charge in [0.05, 0.1) is 0 Å². The molecular weight excluding hydrogens is 258 g/mol. The predicted molar refractivity (Wildman–Crippen MR) is 73.8 cm³/mol. The van der Waals surface area contributed by atoms with E-state index >= 15 is 0 Å². The minimum atomic E-state index is -0.156. The van der Waals surface area contributed by atoms with Gasteiger partial charge in [-0.15, -0.1) is 0 Å². The number of piperidine rings is 1. The minimum Gasteiger partial charge on any atom is -0.356 e. The van der Waals surface area contributed by atoms with Crippen LogP contribution in [0.25, 0.3) is 0 Å². The Morgan fingerprint density at radius 2 is 2.05 bits per heavy atom. The topological polar surface area (TPSA) is 78.5 Å². The molecule has 6 heteroatoms. The van der Waals surface area contributed by atoms with Crippen LogP contribution in [0, 0.1) is 5.92 Å². The molecule has 2 aliphatic rings. The van der Waals surface area contributed by atoms with E-state index in [-0.39, 0.29) is 43.5 Å². The highest BCUT2D eigenvalue weighted by molar-refractivity contribution is 6.02. The summed E-state index contributed by atoms with van der Waals surface area (Å²) in [6, 6.07) is 0. The highest BCUT2D eigenvalue weighted by Crippen LogP contribution is 2.13. The molecule has 0 aromatic rings. The molecular formula is C14H23N3O3. The van der Waals surface area contributed by atoms with Crippen LogP contribution in [0.2, 0.25) is 0 Å². The number of nitrogens with zero attached hydrogens (tertiary/aromatic N) is 1. The summed E-state index contributed by atoms with van der Waals surface area (Å²) >= 11 is 0. The number of hydrogen-bond acceptors (Lipinski definition) is 4. The largest absolute Gasteiger partial charge is 0.356 e. The van der Waals surface area contributed by atoms with Gasteiger partial charge < -0.3 is 10.6 Å². The van der Waals surface area contributed by atoms with Gasteiger partial charge in [0.1, 0.15) is 0 Å². The molecule has 1 unspecified atom stereocenters. The van der Waals surface area contributed by atoms with E-state index in [0.717, 1.165) is 19.5 Å². The summed E-state index contributed by atoms with van der Waals surface area (Å²) in [6.45, 7) is 3.02.